The molecule has 0 fully saturated rings. The molecule has 0 unspecified atom stereocenters. The van der Waals surface area contributed by atoms with Gasteiger partial charge in [-0.3, -0.25) is 0 Å². The molecular formula is C29H42N4O5. The third kappa shape index (κ3) is 10.3. The highest BCUT2D eigenvalue weighted by Gasteiger charge is 2.23. The number of carbonyl (C=O) groups is 2. The zero-order valence-corrected chi connectivity index (χ0v) is 22.7. The fraction of sp³-hybridized carbons (Fsp3) is 0.552. The number of hydrogen-bond donors (Lipinski definition) is 2. The number of rotatable bonds is 16. The number of hydrogen-bond acceptors (Lipinski definition) is 8. The Balaban J connectivity index is 1.46. The third-order valence-electron chi connectivity index (χ3n) is 6.59. The Kier molecular flexibility index (Phi) is 12.9. The van der Waals surface area contributed by atoms with Gasteiger partial charge in [-0.05, 0) is 69.2 Å². The van der Waals surface area contributed by atoms with Gasteiger partial charge in [0.2, 0.25) is 0 Å². The molecule has 9 nitrogen and oxygen atoms in total. The van der Waals surface area contributed by atoms with Gasteiger partial charge in [0.25, 0.3) is 0 Å². The normalized spacial score (nSPS) is 13.3. The molecule has 0 bridgehead atoms. The van der Waals surface area contributed by atoms with Crippen molar-refractivity contribution in [2.45, 2.75) is 58.1 Å². The van der Waals surface area contributed by atoms with Crippen molar-refractivity contribution in [3.05, 3.63) is 59.3 Å². The van der Waals surface area contributed by atoms with Crippen LogP contribution in [0.1, 0.15) is 49.4 Å². The van der Waals surface area contributed by atoms with Gasteiger partial charge in [0.15, 0.2) is 0 Å². The lowest BCUT2D eigenvalue weighted by molar-refractivity contribution is -0.143. The monoisotopic (exact) mass is 526 g/mol. The number of anilines is 1. The van der Waals surface area contributed by atoms with Crippen molar-refractivity contribution in [3.8, 4) is 0 Å². The molecule has 0 saturated heterocycles. The molecule has 208 valence electrons. The first kappa shape index (κ1) is 29.4. The SMILES string of the molecule is CCOCCN(CCCCc1ccc2c(n1)NCCC2)CC[C@H](NC(=O)OCc1ccccc1)C(=O)OC. The Morgan fingerprint density at radius 1 is 1.11 bits per heavy atom. The van der Waals surface area contributed by atoms with Gasteiger partial charge in [-0.1, -0.05) is 36.4 Å². The Hall–Kier alpha value is -3.17. The molecule has 1 atom stereocenters. The Morgan fingerprint density at radius 2 is 1.95 bits per heavy atom. The molecule has 0 saturated carbocycles. The molecule has 9 heteroatoms. The van der Waals surface area contributed by atoms with Crippen molar-refractivity contribution >= 4 is 17.9 Å². The summed E-state index contributed by atoms with van der Waals surface area (Å²) in [4.78, 5) is 31.8. The summed E-state index contributed by atoms with van der Waals surface area (Å²) in [6, 6.07) is 13.0. The van der Waals surface area contributed by atoms with Gasteiger partial charge in [-0.2, -0.15) is 0 Å². The predicted octanol–water partition coefficient (Wildman–Crippen LogP) is 3.96. The van der Waals surface area contributed by atoms with E-state index in [-0.39, 0.29) is 6.61 Å². The number of aryl methyl sites for hydroxylation is 2. The standard InChI is InChI=1S/C29H42N4O5/c1-3-37-21-20-33(18-8-7-13-25-15-14-24-12-9-17-30-27(24)31-25)19-16-26(28(34)36-2)32-29(35)38-22-23-10-5-4-6-11-23/h4-6,10-11,14-15,26H,3,7-9,12-13,16-22H2,1-2H3,(H,30,31)(H,32,35)/t26-/m0/s1. The third-order valence-corrected chi connectivity index (χ3v) is 6.59. The van der Waals surface area contributed by atoms with Crippen molar-refractivity contribution < 1.29 is 23.8 Å². The number of pyridine rings is 1. The first-order valence-corrected chi connectivity index (χ1v) is 13.7. The summed E-state index contributed by atoms with van der Waals surface area (Å²) in [5.41, 5.74) is 3.30. The van der Waals surface area contributed by atoms with Crippen molar-refractivity contribution in [1.29, 1.82) is 0 Å². The molecule has 0 spiro atoms. The van der Waals surface area contributed by atoms with Crippen LogP contribution in [0.25, 0.3) is 0 Å². The molecule has 2 heterocycles. The summed E-state index contributed by atoms with van der Waals surface area (Å²) < 4.78 is 15.8. The van der Waals surface area contributed by atoms with Crippen LogP contribution in [0.4, 0.5) is 10.6 Å². The Bertz CT molecular complexity index is 988. The average Bonchev–Trinajstić information content (AvgIpc) is 2.96. The number of esters is 1. The number of ether oxygens (including phenoxy) is 3. The number of carbonyl (C=O) groups excluding carboxylic acids is 2. The Labute approximate surface area is 226 Å². The summed E-state index contributed by atoms with van der Waals surface area (Å²) in [6.45, 7) is 6.61. The molecule has 2 aromatic rings. The van der Waals surface area contributed by atoms with E-state index >= 15 is 0 Å². The number of benzene rings is 1. The van der Waals surface area contributed by atoms with Crippen molar-refractivity contribution in [2.24, 2.45) is 0 Å². The predicted molar refractivity (Wildman–Crippen MR) is 147 cm³/mol. The van der Waals surface area contributed by atoms with Gasteiger partial charge in [0.05, 0.1) is 13.7 Å². The fourth-order valence-corrected chi connectivity index (χ4v) is 4.43. The second kappa shape index (κ2) is 16.6. The van der Waals surface area contributed by atoms with Crippen LogP contribution >= 0.6 is 0 Å². The second-order valence-electron chi connectivity index (χ2n) is 9.41. The number of nitrogens with one attached hydrogen (secondary N) is 2. The molecule has 0 aliphatic carbocycles. The molecule has 1 amide bonds. The van der Waals surface area contributed by atoms with Crippen LogP contribution in [-0.2, 0) is 38.5 Å². The van der Waals surface area contributed by atoms with Gasteiger partial charge in [0.1, 0.15) is 18.5 Å². The van der Waals surface area contributed by atoms with Gasteiger partial charge in [-0.25, -0.2) is 14.6 Å². The fourth-order valence-electron chi connectivity index (χ4n) is 4.43. The number of unbranched alkanes of at least 4 members (excludes halogenated alkanes) is 1. The maximum absolute atomic E-state index is 12.4. The smallest absolute Gasteiger partial charge is 0.408 e. The zero-order valence-electron chi connectivity index (χ0n) is 22.7. The molecule has 0 radical (unpaired) electrons. The van der Waals surface area contributed by atoms with Crippen LogP contribution in [0.3, 0.4) is 0 Å². The first-order chi connectivity index (χ1) is 18.6. The van der Waals surface area contributed by atoms with E-state index in [2.05, 4.69) is 27.7 Å². The minimum Gasteiger partial charge on any atom is -0.467 e. The van der Waals surface area contributed by atoms with Crippen LogP contribution in [0.5, 0.6) is 0 Å². The number of fused-ring (bicyclic) bond motifs is 1. The Morgan fingerprint density at radius 3 is 2.74 bits per heavy atom. The van der Waals surface area contributed by atoms with E-state index in [9.17, 15) is 9.59 Å². The lowest BCUT2D eigenvalue weighted by Crippen LogP contribution is -2.44. The average molecular weight is 527 g/mol. The van der Waals surface area contributed by atoms with E-state index < -0.39 is 18.1 Å². The van der Waals surface area contributed by atoms with Gasteiger partial charge >= 0.3 is 12.1 Å². The van der Waals surface area contributed by atoms with Crippen molar-refractivity contribution in [1.82, 2.24) is 15.2 Å². The quantitative estimate of drug-likeness (QED) is 0.250. The molecule has 3 rings (SSSR count). The molecule has 2 N–H and O–H groups in total. The summed E-state index contributed by atoms with van der Waals surface area (Å²) in [5.74, 6) is 0.550. The zero-order chi connectivity index (χ0) is 27.0. The summed E-state index contributed by atoms with van der Waals surface area (Å²) >= 11 is 0. The highest BCUT2D eigenvalue weighted by atomic mass is 16.6. The van der Waals surface area contributed by atoms with E-state index in [1.807, 2.05) is 37.3 Å². The molecular weight excluding hydrogens is 484 g/mol. The minimum absolute atomic E-state index is 0.135. The number of amides is 1. The van der Waals surface area contributed by atoms with Gasteiger partial charge in [0, 0.05) is 31.9 Å². The molecule has 1 aliphatic heterocycles. The van der Waals surface area contributed by atoms with E-state index in [1.54, 1.807) is 0 Å². The van der Waals surface area contributed by atoms with Crippen molar-refractivity contribution in [2.75, 3.05) is 51.8 Å². The number of aromatic nitrogens is 1. The number of nitrogens with zero attached hydrogens (tertiary/aromatic N) is 2. The summed E-state index contributed by atoms with van der Waals surface area (Å²) in [6.07, 6.45) is 4.96. The van der Waals surface area contributed by atoms with Crippen LogP contribution < -0.4 is 10.6 Å². The van der Waals surface area contributed by atoms with Crippen LogP contribution in [0.15, 0.2) is 42.5 Å². The summed E-state index contributed by atoms with van der Waals surface area (Å²) in [7, 11) is 1.32. The molecule has 1 aromatic heterocycles. The molecule has 1 aromatic carbocycles. The van der Waals surface area contributed by atoms with E-state index in [0.29, 0.717) is 26.2 Å². The van der Waals surface area contributed by atoms with E-state index in [4.69, 9.17) is 19.2 Å². The lowest BCUT2D eigenvalue weighted by atomic mass is 10.1. The number of methoxy groups -OCH3 is 1. The largest absolute Gasteiger partial charge is 0.467 e. The second-order valence-corrected chi connectivity index (χ2v) is 9.41. The van der Waals surface area contributed by atoms with E-state index in [0.717, 1.165) is 68.8 Å². The molecule has 38 heavy (non-hydrogen) atoms. The van der Waals surface area contributed by atoms with Crippen LogP contribution in [0, 0.1) is 0 Å². The lowest BCUT2D eigenvalue weighted by Gasteiger charge is -2.24. The van der Waals surface area contributed by atoms with E-state index in [1.165, 1.54) is 12.7 Å². The van der Waals surface area contributed by atoms with Gasteiger partial charge < -0.3 is 29.7 Å². The van der Waals surface area contributed by atoms with Crippen LogP contribution in [-0.4, -0.2) is 74.5 Å². The van der Waals surface area contributed by atoms with Gasteiger partial charge in [-0.15, -0.1) is 0 Å². The topological polar surface area (TPSA) is 102 Å². The summed E-state index contributed by atoms with van der Waals surface area (Å²) in [5, 5.41) is 6.07. The maximum atomic E-state index is 12.4. The highest BCUT2D eigenvalue weighted by Crippen LogP contribution is 2.20. The van der Waals surface area contributed by atoms with Crippen molar-refractivity contribution in [3.63, 3.8) is 0 Å². The van der Waals surface area contributed by atoms with Crippen LogP contribution in [0.2, 0.25) is 0 Å². The molecule has 1 aliphatic rings. The first-order valence-electron chi connectivity index (χ1n) is 13.7. The number of alkyl carbamates (subject to hydrolysis) is 1. The minimum atomic E-state index is -0.787. The highest BCUT2D eigenvalue weighted by molar-refractivity contribution is 5.81. The maximum Gasteiger partial charge on any atom is 0.408 e.